The second-order valence-corrected chi connectivity index (χ2v) is 4.14. The van der Waals surface area contributed by atoms with Gasteiger partial charge in [0.2, 0.25) is 0 Å². The normalized spacial score (nSPS) is 10.2. The second kappa shape index (κ2) is 5.06. The van der Waals surface area contributed by atoms with Crippen LogP contribution in [0.2, 0.25) is 5.02 Å². The van der Waals surface area contributed by atoms with Crippen molar-refractivity contribution in [2.45, 2.75) is 6.54 Å². The van der Waals surface area contributed by atoms with Crippen molar-refractivity contribution < 1.29 is 9.21 Å². The Balaban J connectivity index is 2.30. The molecule has 3 nitrogen and oxygen atoms in total. The molecule has 0 fully saturated rings. The molecular weight excluding hydrogens is 238 g/mol. The molecule has 0 aliphatic carbocycles. The fourth-order valence-corrected chi connectivity index (χ4v) is 2.07. The van der Waals surface area contributed by atoms with Gasteiger partial charge in [-0.2, -0.15) is 0 Å². The van der Waals surface area contributed by atoms with Crippen LogP contribution in [0.5, 0.6) is 0 Å². The van der Waals surface area contributed by atoms with Crippen molar-refractivity contribution in [1.29, 1.82) is 0 Å². The number of nitrogens with zero attached hydrogens (tertiary/aromatic N) is 1. The molecule has 0 bridgehead atoms. The Morgan fingerprint density at radius 2 is 2.18 bits per heavy atom. The van der Waals surface area contributed by atoms with Gasteiger partial charge in [0, 0.05) is 12.6 Å². The van der Waals surface area contributed by atoms with Crippen LogP contribution in [0.25, 0.3) is 0 Å². The van der Waals surface area contributed by atoms with Gasteiger partial charge in [0.05, 0.1) is 23.5 Å². The summed E-state index contributed by atoms with van der Waals surface area (Å²) in [6, 6.07) is 8.98. The quantitative estimate of drug-likeness (QED) is 0.779. The number of benzene rings is 1. The Bertz CT molecular complexity index is 508. The van der Waals surface area contributed by atoms with Crippen molar-refractivity contribution in [1.82, 2.24) is 0 Å². The van der Waals surface area contributed by atoms with Crippen LogP contribution in [0.15, 0.2) is 41.0 Å². The first-order valence-electron chi connectivity index (χ1n) is 5.19. The lowest BCUT2D eigenvalue weighted by molar-refractivity contribution is 0.112. The Morgan fingerprint density at radius 1 is 1.35 bits per heavy atom. The Morgan fingerprint density at radius 3 is 2.82 bits per heavy atom. The van der Waals surface area contributed by atoms with Crippen LogP contribution in [0.4, 0.5) is 5.69 Å². The summed E-state index contributed by atoms with van der Waals surface area (Å²) in [5.74, 6) is 0.823. The molecule has 0 aliphatic heterocycles. The number of carbonyl (C=O) groups excluding carboxylic acids is 1. The molecule has 88 valence electrons. The smallest absolute Gasteiger partial charge is 0.152 e. The van der Waals surface area contributed by atoms with E-state index in [1.165, 1.54) is 0 Å². The van der Waals surface area contributed by atoms with E-state index in [4.69, 9.17) is 16.0 Å². The predicted molar refractivity (Wildman–Crippen MR) is 67.7 cm³/mol. The third-order valence-electron chi connectivity index (χ3n) is 2.50. The van der Waals surface area contributed by atoms with Crippen molar-refractivity contribution >= 4 is 23.6 Å². The van der Waals surface area contributed by atoms with E-state index in [0.29, 0.717) is 17.1 Å². The van der Waals surface area contributed by atoms with Crippen LogP contribution in [-0.4, -0.2) is 13.3 Å². The van der Waals surface area contributed by atoms with Gasteiger partial charge in [-0.15, -0.1) is 0 Å². The predicted octanol–water partition coefficient (Wildman–Crippen LogP) is 3.38. The number of carbonyl (C=O) groups is 1. The topological polar surface area (TPSA) is 33.5 Å². The number of halogens is 1. The highest BCUT2D eigenvalue weighted by atomic mass is 35.5. The molecule has 1 heterocycles. The third-order valence-corrected chi connectivity index (χ3v) is 2.80. The average Bonchev–Trinajstić information content (AvgIpc) is 2.81. The molecular formula is C13H12ClNO2. The molecule has 0 unspecified atom stereocenters. The first kappa shape index (κ1) is 11.7. The molecule has 0 aliphatic rings. The maximum atomic E-state index is 11.0. The van der Waals surface area contributed by atoms with Crippen LogP contribution in [0.3, 0.4) is 0 Å². The number of hydrogen-bond donors (Lipinski definition) is 0. The Hall–Kier alpha value is -1.74. The molecule has 17 heavy (non-hydrogen) atoms. The second-order valence-electron chi connectivity index (χ2n) is 3.73. The maximum absolute atomic E-state index is 11.0. The number of anilines is 1. The minimum atomic E-state index is 0.559. The lowest BCUT2D eigenvalue weighted by atomic mass is 10.2. The number of aldehydes is 1. The first-order valence-corrected chi connectivity index (χ1v) is 5.57. The van der Waals surface area contributed by atoms with E-state index in [1.807, 2.05) is 24.1 Å². The maximum Gasteiger partial charge on any atom is 0.152 e. The zero-order valence-corrected chi connectivity index (χ0v) is 10.1. The number of rotatable bonds is 4. The molecule has 1 aromatic carbocycles. The van der Waals surface area contributed by atoms with Crippen molar-refractivity contribution in [2.75, 3.05) is 11.9 Å². The molecule has 0 saturated carbocycles. The summed E-state index contributed by atoms with van der Waals surface area (Å²) in [5.41, 5.74) is 1.30. The van der Waals surface area contributed by atoms with Crippen molar-refractivity contribution in [2.24, 2.45) is 0 Å². The van der Waals surface area contributed by atoms with Gasteiger partial charge in [-0.25, -0.2) is 0 Å². The fourth-order valence-electron chi connectivity index (χ4n) is 1.75. The van der Waals surface area contributed by atoms with E-state index in [2.05, 4.69) is 0 Å². The molecule has 2 aromatic rings. The largest absolute Gasteiger partial charge is 0.467 e. The average molecular weight is 250 g/mol. The SMILES string of the molecule is CN(Cc1ccco1)c1c(Cl)cccc1C=O. The minimum absolute atomic E-state index is 0.559. The van der Waals surface area contributed by atoms with Gasteiger partial charge in [-0.1, -0.05) is 17.7 Å². The van der Waals surface area contributed by atoms with Gasteiger partial charge in [-0.3, -0.25) is 4.79 Å². The van der Waals surface area contributed by atoms with Gasteiger partial charge in [0.15, 0.2) is 6.29 Å². The van der Waals surface area contributed by atoms with Crippen LogP contribution >= 0.6 is 11.6 Å². The first-order chi connectivity index (χ1) is 8.22. The zero-order valence-electron chi connectivity index (χ0n) is 9.39. The van der Waals surface area contributed by atoms with E-state index in [1.54, 1.807) is 24.5 Å². The summed E-state index contributed by atoms with van der Waals surface area (Å²) in [4.78, 5) is 12.9. The van der Waals surface area contributed by atoms with E-state index < -0.39 is 0 Å². The van der Waals surface area contributed by atoms with Crippen LogP contribution in [-0.2, 0) is 6.54 Å². The monoisotopic (exact) mass is 249 g/mol. The lowest BCUT2D eigenvalue weighted by Gasteiger charge is -2.20. The van der Waals surface area contributed by atoms with E-state index in [-0.39, 0.29) is 0 Å². The lowest BCUT2D eigenvalue weighted by Crippen LogP contribution is -2.18. The molecule has 0 amide bonds. The van der Waals surface area contributed by atoms with Gasteiger partial charge in [0.1, 0.15) is 5.76 Å². The zero-order chi connectivity index (χ0) is 12.3. The minimum Gasteiger partial charge on any atom is -0.467 e. The molecule has 1 aromatic heterocycles. The van der Waals surface area contributed by atoms with Gasteiger partial charge >= 0.3 is 0 Å². The van der Waals surface area contributed by atoms with Gasteiger partial charge in [-0.05, 0) is 24.3 Å². The summed E-state index contributed by atoms with van der Waals surface area (Å²) in [5, 5.41) is 0.559. The molecule has 0 N–H and O–H groups in total. The molecule has 2 rings (SSSR count). The molecule has 0 radical (unpaired) electrons. The van der Waals surface area contributed by atoms with Gasteiger partial charge in [0.25, 0.3) is 0 Å². The van der Waals surface area contributed by atoms with Crippen molar-refractivity contribution in [3.8, 4) is 0 Å². The standard InChI is InChI=1S/C13H12ClNO2/c1-15(8-11-5-3-7-17-11)13-10(9-16)4-2-6-12(13)14/h2-7,9H,8H2,1H3. The van der Waals surface area contributed by atoms with Crippen molar-refractivity contribution in [3.05, 3.63) is 52.9 Å². The Labute approximate surface area is 105 Å². The van der Waals surface area contributed by atoms with E-state index in [0.717, 1.165) is 17.7 Å². The highest BCUT2D eigenvalue weighted by Gasteiger charge is 2.12. The summed E-state index contributed by atoms with van der Waals surface area (Å²) in [6.07, 6.45) is 2.43. The summed E-state index contributed by atoms with van der Waals surface area (Å²) >= 11 is 6.11. The highest BCUT2D eigenvalue weighted by Crippen LogP contribution is 2.29. The summed E-state index contributed by atoms with van der Waals surface area (Å²) in [6.45, 7) is 0.567. The summed E-state index contributed by atoms with van der Waals surface area (Å²) < 4.78 is 5.27. The molecule has 0 atom stereocenters. The molecule has 4 heteroatoms. The number of para-hydroxylation sites is 1. The molecule has 0 spiro atoms. The van der Waals surface area contributed by atoms with E-state index >= 15 is 0 Å². The number of furan rings is 1. The fraction of sp³-hybridized carbons (Fsp3) is 0.154. The van der Waals surface area contributed by atoms with Gasteiger partial charge < -0.3 is 9.32 Å². The summed E-state index contributed by atoms with van der Waals surface area (Å²) in [7, 11) is 1.87. The van der Waals surface area contributed by atoms with Crippen LogP contribution in [0, 0.1) is 0 Å². The Kier molecular flexibility index (Phi) is 3.49. The molecule has 0 saturated heterocycles. The van der Waals surface area contributed by atoms with Crippen LogP contribution in [0.1, 0.15) is 16.1 Å². The third kappa shape index (κ3) is 2.50. The highest BCUT2D eigenvalue weighted by molar-refractivity contribution is 6.33. The van der Waals surface area contributed by atoms with Crippen molar-refractivity contribution in [3.63, 3.8) is 0 Å². The van der Waals surface area contributed by atoms with E-state index in [9.17, 15) is 4.79 Å². The number of hydrogen-bond acceptors (Lipinski definition) is 3. The van der Waals surface area contributed by atoms with Crippen LogP contribution < -0.4 is 4.90 Å².